The first-order valence-electron chi connectivity index (χ1n) is 5.32. The summed E-state index contributed by atoms with van der Waals surface area (Å²) in [5.41, 5.74) is 1.48. The molecule has 0 saturated heterocycles. The Hall–Kier alpha value is -2.32. The first-order chi connectivity index (χ1) is 9.10. The van der Waals surface area contributed by atoms with Gasteiger partial charge in [0.1, 0.15) is 11.4 Å². The molecule has 2 N–H and O–H groups in total. The van der Waals surface area contributed by atoms with Crippen LogP contribution in [0.2, 0.25) is 0 Å². The number of benzene rings is 1. The number of carboxylic acid groups (broad SMARTS) is 1. The fraction of sp³-hybridized carbons (Fsp3) is 0. The topological polar surface area (TPSA) is 62.2 Å². The molecule has 0 saturated carbocycles. The van der Waals surface area contributed by atoms with E-state index in [1.165, 1.54) is 12.3 Å². The molecule has 0 aliphatic rings. The minimum Gasteiger partial charge on any atom is -0.478 e. The van der Waals surface area contributed by atoms with E-state index in [0.717, 1.165) is 0 Å². The summed E-state index contributed by atoms with van der Waals surface area (Å²) in [5, 5.41) is 12.1. The molecule has 0 unspecified atom stereocenters. The maximum atomic E-state index is 11.2. The molecule has 0 spiro atoms. The average molecular weight is 317 g/mol. The van der Waals surface area contributed by atoms with Gasteiger partial charge in [0.2, 0.25) is 0 Å². The first-order valence-corrected chi connectivity index (χ1v) is 6.12. The molecule has 1 heterocycles. The van der Waals surface area contributed by atoms with Crippen LogP contribution >= 0.6 is 15.9 Å². The molecule has 0 aliphatic heterocycles. The number of anilines is 2. The van der Waals surface area contributed by atoms with Crippen molar-refractivity contribution < 1.29 is 9.90 Å². The van der Waals surface area contributed by atoms with Gasteiger partial charge < -0.3 is 10.4 Å². The summed E-state index contributed by atoms with van der Waals surface area (Å²) >= 11 is 3.19. The molecule has 2 rings (SSSR count). The van der Waals surface area contributed by atoms with E-state index in [-0.39, 0.29) is 11.4 Å². The van der Waals surface area contributed by atoms with Crippen molar-refractivity contribution in [2.45, 2.75) is 0 Å². The summed E-state index contributed by atoms with van der Waals surface area (Å²) in [4.78, 5) is 15.2. The third-order valence-corrected chi connectivity index (χ3v) is 2.81. The van der Waals surface area contributed by atoms with Crippen molar-refractivity contribution in [2.24, 2.45) is 0 Å². The number of halogens is 1. The molecule has 0 atom stereocenters. The number of terminal acetylenes is 1. The van der Waals surface area contributed by atoms with Crippen LogP contribution in [0.3, 0.4) is 0 Å². The van der Waals surface area contributed by atoms with Gasteiger partial charge in [0.25, 0.3) is 0 Å². The van der Waals surface area contributed by atoms with Gasteiger partial charge in [0.15, 0.2) is 0 Å². The molecular weight excluding hydrogens is 308 g/mol. The van der Waals surface area contributed by atoms with E-state index in [9.17, 15) is 4.79 Å². The van der Waals surface area contributed by atoms with Crippen LogP contribution < -0.4 is 5.32 Å². The number of pyridine rings is 1. The summed E-state index contributed by atoms with van der Waals surface area (Å²) in [7, 11) is 0. The molecule has 0 aliphatic carbocycles. The van der Waals surface area contributed by atoms with Crippen LogP contribution in [0.1, 0.15) is 15.9 Å². The van der Waals surface area contributed by atoms with Gasteiger partial charge in [-0.1, -0.05) is 12.0 Å². The van der Waals surface area contributed by atoms with Gasteiger partial charge in [-0.25, -0.2) is 9.78 Å². The van der Waals surface area contributed by atoms with Crippen LogP contribution in [0.4, 0.5) is 11.5 Å². The lowest BCUT2D eigenvalue weighted by molar-refractivity contribution is 0.0697. The van der Waals surface area contributed by atoms with Crippen LogP contribution in [0.15, 0.2) is 41.0 Å². The number of aromatic nitrogens is 1. The fourth-order valence-corrected chi connectivity index (χ4v) is 1.86. The van der Waals surface area contributed by atoms with E-state index in [0.29, 0.717) is 15.7 Å². The Morgan fingerprint density at radius 1 is 1.42 bits per heavy atom. The zero-order valence-corrected chi connectivity index (χ0v) is 11.3. The molecule has 4 nitrogen and oxygen atoms in total. The third-order valence-electron chi connectivity index (χ3n) is 2.38. The van der Waals surface area contributed by atoms with E-state index >= 15 is 0 Å². The molecule has 0 radical (unpaired) electrons. The first kappa shape index (κ1) is 13.1. The Labute approximate surface area is 118 Å². The maximum Gasteiger partial charge on any atom is 0.339 e. The van der Waals surface area contributed by atoms with Gasteiger partial charge in [0.05, 0.1) is 0 Å². The minimum atomic E-state index is -1.05. The van der Waals surface area contributed by atoms with Crippen LogP contribution in [0.5, 0.6) is 0 Å². The lowest BCUT2D eigenvalue weighted by atomic mass is 10.2. The summed E-state index contributed by atoms with van der Waals surface area (Å²) in [5.74, 6) is 1.73. The van der Waals surface area contributed by atoms with E-state index in [2.05, 4.69) is 32.2 Å². The summed E-state index contributed by atoms with van der Waals surface area (Å²) in [6.07, 6.45) is 6.84. The van der Waals surface area contributed by atoms with Crippen LogP contribution in [0, 0.1) is 12.3 Å². The van der Waals surface area contributed by atoms with Crippen LogP contribution in [-0.4, -0.2) is 16.1 Å². The Morgan fingerprint density at radius 3 is 2.89 bits per heavy atom. The van der Waals surface area contributed by atoms with Crippen molar-refractivity contribution in [3.05, 3.63) is 52.1 Å². The predicted molar refractivity (Wildman–Crippen MR) is 76.6 cm³/mol. The van der Waals surface area contributed by atoms with Crippen molar-refractivity contribution >= 4 is 33.4 Å². The Kier molecular flexibility index (Phi) is 3.83. The van der Waals surface area contributed by atoms with Crippen molar-refractivity contribution in [3.63, 3.8) is 0 Å². The second kappa shape index (κ2) is 5.55. The van der Waals surface area contributed by atoms with Gasteiger partial charge in [-0.05, 0) is 40.2 Å². The molecule has 0 bridgehead atoms. The normalized spacial score (nSPS) is 9.68. The number of nitrogens with zero attached hydrogens (tertiary/aromatic N) is 1. The number of hydrogen-bond acceptors (Lipinski definition) is 3. The van der Waals surface area contributed by atoms with Gasteiger partial charge in [-0.3, -0.25) is 0 Å². The zero-order valence-electron chi connectivity index (χ0n) is 9.72. The molecule has 0 amide bonds. The average Bonchev–Trinajstić information content (AvgIpc) is 2.41. The highest BCUT2D eigenvalue weighted by molar-refractivity contribution is 9.10. The molecular formula is C14H9BrN2O2. The highest BCUT2D eigenvalue weighted by Crippen LogP contribution is 2.22. The van der Waals surface area contributed by atoms with Gasteiger partial charge in [-0.15, -0.1) is 6.42 Å². The SMILES string of the molecule is C#Cc1cccc(Nc2ncc(Br)cc2C(=O)O)c1. The third kappa shape index (κ3) is 3.12. The number of carboxylic acids is 1. The summed E-state index contributed by atoms with van der Waals surface area (Å²) in [6.45, 7) is 0. The Balaban J connectivity index is 2.38. The Morgan fingerprint density at radius 2 is 2.21 bits per heavy atom. The Bertz CT molecular complexity index is 677. The van der Waals surface area contributed by atoms with Crippen molar-refractivity contribution in [2.75, 3.05) is 5.32 Å². The molecule has 5 heteroatoms. The molecule has 94 valence electrons. The number of hydrogen-bond donors (Lipinski definition) is 2. The van der Waals surface area contributed by atoms with Gasteiger partial charge in [-0.2, -0.15) is 0 Å². The number of aromatic carboxylic acids is 1. The van der Waals surface area contributed by atoms with E-state index < -0.39 is 5.97 Å². The highest BCUT2D eigenvalue weighted by atomic mass is 79.9. The zero-order chi connectivity index (χ0) is 13.8. The lowest BCUT2D eigenvalue weighted by Crippen LogP contribution is -2.05. The standard InChI is InChI=1S/C14H9BrN2O2/c1-2-9-4-3-5-11(6-9)17-13-12(14(18)19)7-10(15)8-16-13/h1,3-8H,(H,16,17)(H,18,19). The monoisotopic (exact) mass is 316 g/mol. The molecule has 1 aromatic heterocycles. The van der Waals surface area contributed by atoms with Crippen molar-refractivity contribution in [1.82, 2.24) is 4.98 Å². The number of rotatable bonds is 3. The number of carbonyl (C=O) groups is 1. The van der Waals surface area contributed by atoms with E-state index in [1.54, 1.807) is 24.3 Å². The van der Waals surface area contributed by atoms with Crippen molar-refractivity contribution in [3.8, 4) is 12.3 Å². The lowest BCUT2D eigenvalue weighted by Gasteiger charge is -2.09. The molecule has 2 aromatic rings. The van der Waals surface area contributed by atoms with Crippen LogP contribution in [-0.2, 0) is 0 Å². The maximum absolute atomic E-state index is 11.2. The molecule has 1 aromatic carbocycles. The second-order valence-corrected chi connectivity index (χ2v) is 4.62. The van der Waals surface area contributed by atoms with Gasteiger partial charge >= 0.3 is 5.97 Å². The minimum absolute atomic E-state index is 0.0838. The summed E-state index contributed by atoms with van der Waals surface area (Å²) in [6, 6.07) is 8.60. The van der Waals surface area contributed by atoms with Crippen molar-refractivity contribution in [1.29, 1.82) is 0 Å². The van der Waals surface area contributed by atoms with E-state index in [1.807, 2.05) is 0 Å². The largest absolute Gasteiger partial charge is 0.478 e. The highest BCUT2D eigenvalue weighted by Gasteiger charge is 2.12. The van der Waals surface area contributed by atoms with Crippen LogP contribution in [0.25, 0.3) is 0 Å². The molecule has 19 heavy (non-hydrogen) atoms. The van der Waals surface area contributed by atoms with Gasteiger partial charge in [0, 0.05) is 21.9 Å². The molecule has 0 fully saturated rings. The fourth-order valence-electron chi connectivity index (χ4n) is 1.53. The predicted octanol–water partition coefficient (Wildman–Crippen LogP) is 3.27. The summed E-state index contributed by atoms with van der Waals surface area (Å²) < 4.78 is 0.604. The quantitative estimate of drug-likeness (QED) is 0.853. The van der Waals surface area contributed by atoms with E-state index in [4.69, 9.17) is 11.5 Å². The smallest absolute Gasteiger partial charge is 0.339 e. The second-order valence-electron chi connectivity index (χ2n) is 3.70. The number of nitrogens with one attached hydrogen (secondary N) is 1.